The number of carbonyl (C=O) groups excluding carboxylic acids is 1. The summed E-state index contributed by atoms with van der Waals surface area (Å²) in [6.45, 7) is 7.75. The van der Waals surface area contributed by atoms with Gasteiger partial charge < -0.3 is 10.1 Å². The third-order valence-corrected chi connectivity index (χ3v) is 7.34. The van der Waals surface area contributed by atoms with Gasteiger partial charge in [-0.15, -0.1) is 0 Å². The number of hydrogen-bond donors (Lipinski definition) is 1. The molecule has 0 bridgehead atoms. The summed E-state index contributed by atoms with van der Waals surface area (Å²) in [5.74, 6) is -0.292. The van der Waals surface area contributed by atoms with Crippen LogP contribution in [0.5, 0.6) is 5.75 Å². The van der Waals surface area contributed by atoms with Gasteiger partial charge in [0.15, 0.2) is 5.69 Å². The zero-order chi connectivity index (χ0) is 24.3. The molecule has 0 fully saturated rings. The number of aromatic nitrogens is 2. The maximum absolute atomic E-state index is 13.3. The van der Waals surface area contributed by atoms with E-state index < -0.39 is 15.9 Å². The van der Waals surface area contributed by atoms with Gasteiger partial charge in [-0.25, -0.2) is 13.1 Å². The van der Waals surface area contributed by atoms with Crippen LogP contribution in [0.4, 0.5) is 5.69 Å². The summed E-state index contributed by atoms with van der Waals surface area (Å²) >= 11 is 0. The Balaban J connectivity index is 2.11. The molecule has 0 unspecified atom stereocenters. The number of hydrogen-bond acceptors (Lipinski definition) is 6. The van der Waals surface area contributed by atoms with Crippen LogP contribution in [0.3, 0.4) is 0 Å². The molecule has 1 N–H and O–H groups in total. The van der Waals surface area contributed by atoms with Crippen molar-refractivity contribution in [3.63, 3.8) is 0 Å². The number of rotatable bonds is 8. The number of fused-ring (bicyclic) bond motifs is 1. The third kappa shape index (κ3) is 4.62. The first-order valence-corrected chi connectivity index (χ1v) is 12.1. The molecule has 10 heteroatoms. The van der Waals surface area contributed by atoms with Crippen molar-refractivity contribution in [1.29, 1.82) is 0 Å². The van der Waals surface area contributed by atoms with Gasteiger partial charge in [-0.1, -0.05) is 32.0 Å². The number of carbonyl (C=O) groups is 1. The monoisotopic (exact) mass is 472 g/mol. The van der Waals surface area contributed by atoms with Crippen LogP contribution >= 0.6 is 0 Å². The number of ether oxygens (including phenoxy) is 1. The molecule has 176 valence electrons. The second-order valence-electron chi connectivity index (χ2n) is 7.64. The van der Waals surface area contributed by atoms with Crippen LogP contribution in [0, 0.1) is 0 Å². The van der Waals surface area contributed by atoms with Crippen molar-refractivity contribution in [3.05, 3.63) is 58.5 Å². The highest BCUT2D eigenvalue weighted by Crippen LogP contribution is 2.29. The van der Waals surface area contributed by atoms with Crippen molar-refractivity contribution in [2.75, 3.05) is 25.5 Å². The van der Waals surface area contributed by atoms with E-state index in [1.165, 1.54) is 34.3 Å². The standard InChI is InChI=1S/C23H28N4O5S/c1-6-26(7-2)33(30,31)16-12-13-20(32-5)19(14-16)24-22(28)21-17-10-8-9-11-18(17)23(29)27(25-21)15(3)4/h8-15H,6-7H2,1-5H3,(H,24,28). The fraction of sp³-hybridized carbons (Fsp3) is 0.348. The summed E-state index contributed by atoms with van der Waals surface area (Å²) in [5, 5.41) is 7.80. The average Bonchev–Trinajstić information content (AvgIpc) is 2.79. The Morgan fingerprint density at radius 2 is 1.76 bits per heavy atom. The van der Waals surface area contributed by atoms with Gasteiger partial charge in [0.2, 0.25) is 10.0 Å². The molecule has 3 rings (SSSR count). The Labute approximate surface area is 193 Å². The first-order valence-electron chi connectivity index (χ1n) is 10.7. The second-order valence-corrected chi connectivity index (χ2v) is 9.58. The van der Waals surface area contributed by atoms with Crippen LogP contribution in [0.2, 0.25) is 0 Å². The molecular weight excluding hydrogens is 444 g/mol. The molecule has 2 aromatic carbocycles. The van der Waals surface area contributed by atoms with E-state index in [4.69, 9.17) is 4.74 Å². The minimum atomic E-state index is -3.74. The molecular formula is C23H28N4O5S. The number of benzene rings is 2. The fourth-order valence-electron chi connectivity index (χ4n) is 3.56. The number of nitrogens with one attached hydrogen (secondary N) is 1. The lowest BCUT2D eigenvalue weighted by atomic mass is 10.1. The zero-order valence-electron chi connectivity index (χ0n) is 19.3. The number of amides is 1. The van der Waals surface area contributed by atoms with E-state index in [0.29, 0.717) is 29.6 Å². The maximum atomic E-state index is 13.3. The lowest BCUT2D eigenvalue weighted by molar-refractivity contribution is 0.102. The van der Waals surface area contributed by atoms with Gasteiger partial charge in [0.1, 0.15) is 5.75 Å². The van der Waals surface area contributed by atoms with E-state index in [1.807, 2.05) is 0 Å². The smallest absolute Gasteiger partial charge is 0.276 e. The largest absolute Gasteiger partial charge is 0.495 e. The van der Waals surface area contributed by atoms with Crippen LogP contribution in [0.25, 0.3) is 10.8 Å². The predicted octanol–water partition coefficient (Wildman–Crippen LogP) is 3.27. The lowest BCUT2D eigenvalue weighted by Crippen LogP contribution is -2.31. The molecule has 0 saturated heterocycles. The van der Waals surface area contributed by atoms with E-state index >= 15 is 0 Å². The fourth-order valence-corrected chi connectivity index (χ4v) is 5.05. The molecule has 1 amide bonds. The van der Waals surface area contributed by atoms with Gasteiger partial charge >= 0.3 is 0 Å². The highest BCUT2D eigenvalue weighted by atomic mass is 32.2. The van der Waals surface area contributed by atoms with Crippen molar-refractivity contribution in [2.24, 2.45) is 0 Å². The maximum Gasteiger partial charge on any atom is 0.276 e. The number of sulfonamides is 1. The topological polar surface area (TPSA) is 111 Å². The lowest BCUT2D eigenvalue weighted by Gasteiger charge is -2.20. The number of anilines is 1. The van der Waals surface area contributed by atoms with Gasteiger partial charge in [-0.05, 0) is 38.1 Å². The summed E-state index contributed by atoms with van der Waals surface area (Å²) in [6, 6.07) is 10.8. The van der Waals surface area contributed by atoms with Gasteiger partial charge in [0.25, 0.3) is 11.5 Å². The van der Waals surface area contributed by atoms with Crippen molar-refractivity contribution in [2.45, 2.75) is 38.6 Å². The van der Waals surface area contributed by atoms with Crippen LogP contribution < -0.4 is 15.6 Å². The Morgan fingerprint density at radius 3 is 2.33 bits per heavy atom. The molecule has 0 spiro atoms. The van der Waals surface area contributed by atoms with Crippen LogP contribution in [-0.4, -0.2) is 48.6 Å². The molecule has 0 radical (unpaired) electrons. The first-order chi connectivity index (χ1) is 15.6. The minimum Gasteiger partial charge on any atom is -0.495 e. The first kappa shape index (κ1) is 24.4. The molecule has 1 aromatic heterocycles. The van der Waals surface area contributed by atoms with E-state index in [9.17, 15) is 18.0 Å². The molecule has 0 aliphatic carbocycles. The second kappa shape index (κ2) is 9.72. The molecule has 33 heavy (non-hydrogen) atoms. The summed E-state index contributed by atoms with van der Waals surface area (Å²) in [7, 11) is -2.32. The highest BCUT2D eigenvalue weighted by Gasteiger charge is 2.24. The summed E-state index contributed by atoms with van der Waals surface area (Å²) < 4.78 is 33.8. The Bertz CT molecular complexity index is 1340. The number of nitrogens with zero attached hydrogens (tertiary/aromatic N) is 3. The average molecular weight is 473 g/mol. The van der Waals surface area contributed by atoms with Gasteiger partial charge in [0, 0.05) is 18.5 Å². The van der Waals surface area contributed by atoms with Gasteiger partial charge in [-0.2, -0.15) is 9.40 Å². The zero-order valence-corrected chi connectivity index (χ0v) is 20.1. The summed E-state index contributed by atoms with van der Waals surface area (Å²) in [5.41, 5.74) is -0.0519. The normalized spacial score (nSPS) is 11.8. The molecule has 0 saturated carbocycles. The third-order valence-electron chi connectivity index (χ3n) is 5.29. The Morgan fingerprint density at radius 1 is 1.12 bits per heavy atom. The van der Waals surface area contributed by atoms with Crippen molar-refractivity contribution in [1.82, 2.24) is 14.1 Å². The predicted molar refractivity (Wildman–Crippen MR) is 127 cm³/mol. The van der Waals surface area contributed by atoms with Crippen LogP contribution in [0.1, 0.15) is 44.2 Å². The SMILES string of the molecule is CCN(CC)S(=O)(=O)c1ccc(OC)c(NC(=O)c2nn(C(C)C)c(=O)c3ccccc23)c1. The Hall–Kier alpha value is -3.24. The minimum absolute atomic E-state index is 0.0345. The molecule has 1 heterocycles. The quantitative estimate of drug-likeness (QED) is 0.539. The molecule has 0 aliphatic heterocycles. The van der Waals surface area contributed by atoms with E-state index in [1.54, 1.807) is 52.0 Å². The Kier molecular flexibility index (Phi) is 7.19. The van der Waals surface area contributed by atoms with Crippen LogP contribution in [0.15, 0.2) is 52.2 Å². The highest BCUT2D eigenvalue weighted by molar-refractivity contribution is 7.89. The van der Waals surface area contributed by atoms with E-state index in [2.05, 4.69) is 10.4 Å². The molecule has 3 aromatic rings. The molecule has 0 aliphatic rings. The van der Waals surface area contributed by atoms with E-state index in [0.717, 1.165) is 0 Å². The summed E-state index contributed by atoms with van der Waals surface area (Å²) in [6.07, 6.45) is 0. The molecule has 0 atom stereocenters. The van der Waals surface area contributed by atoms with E-state index in [-0.39, 0.29) is 27.9 Å². The van der Waals surface area contributed by atoms with Crippen molar-refractivity contribution in [3.8, 4) is 5.75 Å². The van der Waals surface area contributed by atoms with Crippen LogP contribution in [-0.2, 0) is 10.0 Å². The van der Waals surface area contributed by atoms with Gasteiger partial charge in [-0.3, -0.25) is 9.59 Å². The molecule has 9 nitrogen and oxygen atoms in total. The van der Waals surface area contributed by atoms with Gasteiger partial charge in [0.05, 0.1) is 29.1 Å². The van der Waals surface area contributed by atoms with Crippen molar-refractivity contribution < 1.29 is 17.9 Å². The number of methoxy groups -OCH3 is 1. The van der Waals surface area contributed by atoms with Crippen molar-refractivity contribution >= 4 is 32.4 Å². The summed E-state index contributed by atoms with van der Waals surface area (Å²) in [4.78, 5) is 26.1.